The molecular formula is C9H9ClN4. The molecule has 0 radical (unpaired) electrons. The molecule has 4 nitrogen and oxygen atoms in total. The van der Waals surface area contributed by atoms with Crippen LogP contribution >= 0.6 is 11.6 Å². The van der Waals surface area contributed by atoms with Crippen LogP contribution in [0.15, 0.2) is 18.6 Å². The van der Waals surface area contributed by atoms with Crippen molar-refractivity contribution in [3.63, 3.8) is 0 Å². The molecule has 0 atom stereocenters. The second-order valence-electron chi connectivity index (χ2n) is 3.74. The Hall–Kier alpha value is -1.13. The van der Waals surface area contributed by atoms with Crippen LogP contribution in [0.2, 0.25) is 5.02 Å². The van der Waals surface area contributed by atoms with Crippen LogP contribution in [0.1, 0.15) is 18.5 Å². The normalized spacial score (nSPS) is 18.7. The summed E-state index contributed by atoms with van der Waals surface area (Å²) in [6, 6.07) is 0. The van der Waals surface area contributed by atoms with Crippen molar-refractivity contribution in [3.8, 4) is 0 Å². The quantitative estimate of drug-likeness (QED) is 0.769. The molecule has 5 heteroatoms. The highest BCUT2D eigenvalue weighted by Gasteiger charge is 2.42. The fourth-order valence-electron chi connectivity index (χ4n) is 1.61. The standard InChI is InChI=1S/C9H9ClN4/c10-6-3-12-8-13-4-7(14(8)5-6)9(11)1-2-9/h3-5H,1-2,11H2. The Morgan fingerprint density at radius 2 is 2.07 bits per heavy atom. The molecule has 2 N–H and O–H groups in total. The number of hydrogen-bond donors (Lipinski definition) is 1. The van der Waals surface area contributed by atoms with Crippen LogP contribution in [0, 0.1) is 0 Å². The van der Waals surface area contributed by atoms with Crippen LogP contribution in [0.5, 0.6) is 0 Å². The maximum Gasteiger partial charge on any atom is 0.234 e. The summed E-state index contributed by atoms with van der Waals surface area (Å²) in [5.41, 5.74) is 6.90. The van der Waals surface area contributed by atoms with Gasteiger partial charge in [-0.2, -0.15) is 0 Å². The minimum Gasteiger partial charge on any atom is -0.320 e. The highest BCUT2D eigenvalue weighted by atomic mass is 35.5. The Morgan fingerprint density at radius 1 is 1.36 bits per heavy atom. The predicted molar refractivity (Wildman–Crippen MR) is 53.1 cm³/mol. The summed E-state index contributed by atoms with van der Waals surface area (Å²) in [7, 11) is 0. The number of hydrogen-bond acceptors (Lipinski definition) is 3. The van der Waals surface area contributed by atoms with Crippen molar-refractivity contribution in [1.29, 1.82) is 0 Å². The summed E-state index contributed by atoms with van der Waals surface area (Å²) in [4.78, 5) is 8.29. The van der Waals surface area contributed by atoms with E-state index in [0.717, 1.165) is 18.5 Å². The van der Waals surface area contributed by atoms with Gasteiger partial charge in [-0.25, -0.2) is 9.97 Å². The molecule has 1 aliphatic carbocycles. The first-order valence-corrected chi connectivity index (χ1v) is 4.85. The van der Waals surface area contributed by atoms with E-state index in [0.29, 0.717) is 10.8 Å². The molecule has 3 rings (SSSR count). The van der Waals surface area contributed by atoms with Gasteiger partial charge in [0.05, 0.1) is 28.6 Å². The summed E-state index contributed by atoms with van der Waals surface area (Å²) in [6.07, 6.45) is 7.19. The van der Waals surface area contributed by atoms with E-state index in [4.69, 9.17) is 17.3 Å². The number of aromatic nitrogens is 3. The van der Waals surface area contributed by atoms with Gasteiger partial charge in [0.1, 0.15) is 0 Å². The lowest BCUT2D eigenvalue weighted by Crippen LogP contribution is -2.20. The van der Waals surface area contributed by atoms with E-state index < -0.39 is 0 Å². The van der Waals surface area contributed by atoms with E-state index >= 15 is 0 Å². The van der Waals surface area contributed by atoms with Gasteiger partial charge in [0, 0.05) is 6.20 Å². The van der Waals surface area contributed by atoms with Crippen molar-refractivity contribution in [2.75, 3.05) is 0 Å². The molecule has 0 spiro atoms. The zero-order chi connectivity index (χ0) is 9.76. The van der Waals surface area contributed by atoms with Crippen LogP contribution < -0.4 is 5.73 Å². The molecule has 14 heavy (non-hydrogen) atoms. The fraction of sp³-hybridized carbons (Fsp3) is 0.333. The number of nitrogens with zero attached hydrogens (tertiary/aromatic N) is 3. The van der Waals surface area contributed by atoms with Gasteiger partial charge in [0.15, 0.2) is 0 Å². The lowest BCUT2D eigenvalue weighted by Gasteiger charge is -2.07. The second kappa shape index (κ2) is 2.46. The molecule has 0 aliphatic heterocycles. The lowest BCUT2D eigenvalue weighted by molar-refractivity contribution is 0.697. The average molecular weight is 209 g/mol. The minimum absolute atomic E-state index is 0.203. The van der Waals surface area contributed by atoms with Crippen molar-refractivity contribution < 1.29 is 0 Å². The summed E-state index contributed by atoms with van der Waals surface area (Å²) >= 11 is 5.87. The van der Waals surface area contributed by atoms with Crippen molar-refractivity contribution >= 4 is 17.4 Å². The summed E-state index contributed by atoms with van der Waals surface area (Å²) < 4.78 is 1.87. The third-order valence-electron chi connectivity index (χ3n) is 2.63. The predicted octanol–water partition coefficient (Wildman–Crippen LogP) is 1.33. The summed E-state index contributed by atoms with van der Waals surface area (Å²) in [5.74, 6) is 0.654. The van der Waals surface area contributed by atoms with E-state index in [2.05, 4.69) is 9.97 Å². The third kappa shape index (κ3) is 1.04. The number of imidazole rings is 1. The number of fused-ring (bicyclic) bond motifs is 1. The van der Waals surface area contributed by atoms with Crippen LogP contribution in [0.4, 0.5) is 0 Å². The minimum atomic E-state index is -0.203. The van der Waals surface area contributed by atoms with Crippen molar-refractivity contribution in [2.45, 2.75) is 18.4 Å². The van der Waals surface area contributed by atoms with Gasteiger partial charge in [0.2, 0.25) is 5.78 Å². The van der Waals surface area contributed by atoms with Crippen molar-refractivity contribution in [1.82, 2.24) is 14.4 Å². The SMILES string of the molecule is NC1(c2cnc3ncc(Cl)cn23)CC1. The van der Waals surface area contributed by atoms with E-state index in [-0.39, 0.29) is 5.54 Å². The zero-order valence-corrected chi connectivity index (χ0v) is 8.20. The Balaban J connectivity index is 2.29. The molecule has 1 saturated carbocycles. The molecular weight excluding hydrogens is 200 g/mol. The highest BCUT2D eigenvalue weighted by molar-refractivity contribution is 6.30. The third-order valence-corrected chi connectivity index (χ3v) is 2.83. The average Bonchev–Trinajstić information content (AvgIpc) is 2.77. The largest absolute Gasteiger partial charge is 0.320 e. The monoisotopic (exact) mass is 208 g/mol. The molecule has 0 aromatic carbocycles. The van der Waals surface area contributed by atoms with Gasteiger partial charge in [-0.1, -0.05) is 11.6 Å². The summed E-state index contributed by atoms with van der Waals surface area (Å²) in [5, 5.41) is 0.598. The molecule has 2 aromatic rings. The number of nitrogens with two attached hydrogens (primary N) is 1. The lowest BCUT2D eigenvalue weighted by atomic mass is 10.2. The van der Waals surface area contributed by atoms with Gasteiger partial charge in [-0.05, 0) is 12.8 Å². The topological polar surface area (TPSA) is 56.2 Å². The molecule has 2 aromatic heterocycles. The van der Waals surface area contributed by atoms with Gasteiger partial charge >= 0.3 is 0 Å². The number of halogens is 1. The van der Waals surface area contributed by atoms with Gasteiger partial charge in [0.25, 0.3) is 0 Å². The van der Waals surface area contributed by atoms with Gasteiger partial charge in [-0.15, -0.1) is 0 Å². The first-order valence-electron chi connectivity index (χ1n) is 4.47. The molecule has 2 heterocycles. The van der Waals surface area contributed by atoms with Crippen LogP contribution in [0.25, 0.3) is 5.78 Å². The molecule has 1 aliphatic rings. The van der Waals surface area contributed by atoms with Crippen LogP contribution in [-0.4, -0.2) is 14.4 Å². The maximum absolute atomic E-state index is 6.10. The smallest absolute Gasteiger partial charge is 0.234 e. The molecule has 0 bridgehead atoms. The Labute approximate surface area is 85.7 Å². The maximum atomic E-state index is 6.10. The fourth-order valence-corrected chi connectivity index (χ4v) is 1.76. The van der Waals surface area contributed by atoms with Gasteiger partial charge < -0.3 is 5.73 Å². The van der Waals surface area contributed by atoms with Crippen molar-refractivity contribution in [2.24, 2.45) is 5.73 Å². The van der Waals surface area contributed by atoms with Crippen molar-refractivity contribution in [3.05, 3.63) is 29.3 Å². The Bertz CT molecular complexity index is 500. The summed E-state index contributed by atoms with van der Waals surface area (Å²) in [6.45, 7) is 0. The molecule has 0 amide bonds. The Kier molecular flexibility index (Phi) is 1.44. The number of rotatable bonds is 1. The molecule has 0 unspecified atom stereocenters. The second-order valence-corrected chi connectivity index (χ2v) is 4.18. The van der Waals surface area contributed by atoms with Crippen LogP contribution in [0.3, 0.4) is 0 Å². The van der Waals surface area contributed by atoms with E-state index in [1.807, 2.05) is 4.40 Å². The van der Waals surface area contributed by atoms with E-state index in [1.54, 1.807) is 18.6 Å². The van der Waals surface area contributed by atoms with E-state index in [9.17, 15) is 0 Å². The first kappa shape index (κ1) is 8.20. The van der Waals surface area contributed by atoms with Gasteiger partial charge in [-0.3, -0.25) is 4.40 Å². The van der Waals surface area contributed by atoms with E-state index in [1.165, 1.54) is 0 Å². The molecule has 1 fully saturated rings. The Morgan fingerprint density at radius 3 is 2.79 bits per heavy atom. The molecule has 72 valence electrons. The zero-order valence-electron chi connectivity index (χ0n) is 7.44. The molecule has 0 saturated heterocycles. The van der Waals surface area contributed by atoms with Crippen LogP contribution in [-0.2, 0) is 5.54 Å². The first-order chi connectivity index (χ1) is 6.69. The highest BCUT2D eigenvalue weighted by Crippen LogP contribution is 2.42.